The Hall–Kier alpha value is -3.87. The minimum atomic E-state index is 0.417. The molecule has 0 aliphatic heterocycles. The van der Waals surface area contributed by atoms with Crippen LogP contribution in [-0.2, 0) is 0 Å². The summed E-state index contributed by atoms with van der Waals surface area (Å²) >= 11 is 0. The van der Waals surface area contributed by atoms with Crippen molar-refractivity contribution in [3.8, 4) is 51.3 Å². The lowest BCUT2D eigenvalue weighted by atomic mass is 10.0. The lowest BCUT2D eigenvalue weighted by Crippen LogP contribution is -1.96. The third kappa shape index (κ3) is 3.48. The number of fused-ring (bicyclic) bond motifs is 1. The molecule has 7 heteroatoms. The van der Waals surface area contributed by atoms with E-state index in [1.54, 1.807) is 35.5 Å². The Kier molecular flexibility index (Phi) is 5.58. The molecule has 0 aliphatic rings. The zero-order valence-electron chi connectivity index (χ0n) is 18.0. The Morgan fingerprint density at radius 1 is 0.677 bits per heavy atom. The second-order valence-corrected chi connectivity index (χ2v) is 6.62. The van der Waals surface area contributed by atoms with Crippen molar-refractivity contribution in [3.63, 3.8) is 0 Å². The molecule has 0 fully saturated rings. The van der Waals surface area contributed by atoms with Gasteiger partial charge in [-0.2, -0.15) is 0 Å². The topological polar surface area (TPSA) is 72.2 Å². The average Bonchev–Trinajstić information content (AvgIpc) is 3.25. The highest BCUT2D eigenvalue weighted by molar-refractivity contribution is 5.86. The summed E-state index contributed by atoms with van der Waals surface area (Å²) in [5.41, 5.74) is 3.73. The Morgan fingerprint density at radius 3 is 1.97 bits per heavy atom. The highest BCUT2D eigenvalue weighted by atomic mass is 16.5. The quantitative estimate of drug-likeness (QED) is 0.406. The molecule has 3 aromatic carbocycles. The Bertz CT molecular complexity index is 1210. The molecular weight excluding hydrogens is 398 g/mol. The van der Waals surface area contributed by atoms with Crippen molar-refractivity contribution in [2.75, 3.05) is 35.5 Å². The maximum Gasteiger partial charge on any atom is 0.234 e. The van der Waals surface area contributed by atoms with Gasteiger partial charge in [-0.05, 0) is 42.0 Å². The van der Waals surface area contributed by atoms with Crippen molar-refractivity contribution in [1.82, 2.24) is 4.98 Å². The first kappa shape index (κ1) is 20.4. The number of aromatic nitrogens is 1. The van der Waals surface area contributed by atoms with Crippen molar-refractivity contribution in [2.45, 2.75) is 0 Å². The molecular formula is C24H23NO6. The molecule has 0 N–H and O–H groups in total. The minimum Gasteiger partial charge on any atom is -0.496 e. The Morgan fingerprint density at radius 2 is 1.35 bits per heavy atom. The molecule has 0 spiro atoms. The smallest absolute Gasteiger partial charge is 0.234 e. The Labute approximate surface area is 180 Å². The van der Waals surface area contributed by atoms with E-state index in [0.717, 1.165) is 11.1 Å². The number of nitrogens with zero attached hydrogens (tertiary/aromatic N) is 1. The normalized spacial score (nSPS) is 10.7. The van der Waals surface area contributed by atoms with Crippen LogP contribution in [0.5, 0.6) is 28.7 Å². The molecule has 160 valence electrons. The summed E-state index contributed by atoms with van der Waals surface area (Å²) in [6, 6.07) is 15.1. The summed E-state index contributed by atoms with van der Waals surface area (Å²) in [6.45, 7) is 0. The van der Waals surface area contributed by atoms with Crippen LogP contribution in [0.15, 0.2) is 52.9 Å². The van der Waals surface area contributed by atoms with Crippen LogP contribution in [0, 0.1) is 0 Å². The van der Waals surface area contributed by atoms with Gasteiger partial charge in [0.2, 0.25) is 11.6 Å². The molecule has 0 unspecified atom stereocenters. The van der Waals surface area contributed by atoms with Crippen LogP contribution in [0.25, 0.3) is 33.7 Å². The third-order valence-corrected chi connectivity index (χ3v) is 5.05. The van der Waals surface area contributed by atoms with Crippen molar-refractivity contribution in [3.05, 3.63) is 48.5 Å². The van der Waals surface area contributed by atoms with Crippen LogP contribution in [0.2, 0.25) is 0 Å². The van der Waals surface area contributed by atoms with E-state index >= 15 is 0 Å². The summed E-state index contributed by atoms with van der Waals surface area (Å²) in [6.07, 6.45) is 0. The van der Waals surface area contributed by atoms with E-state index in [9.17, 15) is 0 Å². The van der Waals surface area contributed by atoms with Crippen molar-refractivity contribution >= 4 is 11.1 Å². The van der Waals surface area contributed by atoms with E-state index in [-0.39, 0.29) is 0 Å². The molecule has 7 nitrogen and oxygen atoms in total. The molecule has 4 aromatic rings. The van der Waals surface area contributed by atoms with Gasteiger partial charge in [0.1, 0.15) is 22.6 Å². The number of rotatable bonds is 7. The number of oxazole rings is 1. The molecule has 1 aromatic heterocycles. The van der Waals surface area contributed by atoms with Gasteiger partial charge in [-0.1, -0.05) is 12.1 Å². The van der Waals surface area contributed by atoms with Crippen LogP contribution >= 0.6 is 0 Å². The van der Waals surface area contributed by atoms with Gasteiger partial charge in [0.15, 0.2) is 17.1 Å². The second kappa shape index (κ2) is 8.47. The number of hydrogen-bond acceptors (Lipinski definition) is 7. The first-order valence-electron chi connectivity index (χ1n) is 9.56. The van der Waals surface area contributed by atoms with E-state index in [2.05, 4.69) is 4.98 Å². The average molecular weight is 421 g/mol. The predicted molar refractivity (Wildman–Crippen MR) is 118 cm³/mol. The van der Waals surface area contributed by atoms with Gasteiger partial charge in [-0.25, -0.2) is 4.98 Å². The number of hydrogen-bond donors (Lipinski definition) is 0. The molecule has 1 heterocycles. The second-order valence-electron chi connectivity index (χ2n) is 6.62. The molecule has 0 atom stereocenters. The zero-order valence-corrected chi connectivity index (χ0v) is 18.0. The van der Waals surface area contributed by atoms with E-state index in [1.807, 2.05) is 48.5 Å². The fourth-order valence-corrected chi connectivity index (χ4v) is 3.59. The molecule has 0 aliphatic carbocycles. The molecule has 0 bridgehead atoms. The highest BCUT2D eigenvalue weighted by Crippen LogP contribution is 2.45. The monoisotopic (exact) mass is 421 g/mol. The van der Waals surface area contributed by atoms with Crippen LogP contribution in [0.3, 0.4) is 0 Å². The minimum absolute atomic E-state index is 0.417. The van der Waals surface area contributed by atoms with Gasteiger partial charge in [0.05, 0.1) is 35.5 Å². The van der Waals surface area contributed by atoms with Gasteiger partial charge >= 0.3 is 0 Å². The first-order valence-corrected chi connectivity index (χ1v) is 9.56. The van der Waals surface area contributed by atoms with Crippen molar-refractivity contribution in [1.29, 1.82) is 0 Å². The molecule has 0 radical (unpaired) electrons. The molecule has 0 saturated heterocycles. The SMILES string of the molecule is COc1ccc(-c2ccc3nc(-c4c(OC)cccc4OC)oc3c2)c(OC)c1OC. The molecule has 31 heavy (non-hydrogen) atoms. The van der Waals surface area contributed by atoms with Crippen LogP contribution in [0.4, 0.5) is 0 Å². The van der Waals surface area contributed by atoms with E-state index in [4.69, 9.17) is 28.1 Å². The maximum absolute atomic E-state index is 6.11. The third-order valence-electron chi connectivity index (χ3n) is 5.05. The maximum atomic E-state index is 6.11. The summed E-state index contributed by atoms with van der Waals surface area (Å²) in [5, 5.41) is 0. The van der Waals surface area contributed by atoms with Crippen LogP contribution < -0.4 is 23.7 Å². The summed E-state index contributed by atoms with van der Waals surface area (Å²) < 4.78 is 33.6. The predicted octanol–water partition coefficient (Wildman–Crippen LogP) is 5.20. The zero-order chi connectivity index (χ0) is 22.0. The first-order chi connectivity index (χ1) is 15.1. The molecule has 0 saturated carbocycles. The summed E-state index contributed by atoms with van der Waals surface area (Å²) in [7, 11) is 7.96. The van der Waals surface area contributed by atoms with Gasteiger partial charge in [0, 0.05) is 5.56 Å². The van der Waals surface area contributed by atoms with Crippen molar-refractivity contribution in [2.24, 2.45) is 0 Å². The van der Waals surface area contributed by atoms with Gasteiger partial charge < -0.3 is 28.1 Å². The van der Waals surface area contributed by atoms with Gasteiger partial charge in [0.25, 0.3) is 0 Å². The summed E-state index contributed by atoms with van der Waals surface area (Å²) in [4.78, 5) is 4.64. The lowest BCUT2D eigenvalue weighted by molar-refractivity contribution is 0.325. The van der Waals surface area contributed by atoms with Crippen LogP contribution in [-0.4, -0.2) is 40.5 Å². The largest absolute Gasteiger partial charge is 0.496 e. The van der Waals surface area contributed by atoms with Gasteiger partial charge in [-0.15, -0.1) is 0 Å². The highest BCUT2D eigenvalue weighted by Gasteiger charge is 2.20. The number of benzene rings is 3. The standard InChI is InChI=1S/C24H23NO6/c1-26-17-7-6-8-18(27-2)21(17)24-25-16-11-9-14(13-20(16)31-24)15-10-12-19(28-3)23(30-5)22(15)29-4/h6-13H,1-5H3. The summed E-state index contributed by atoms with van der Waals surface area (Å²) in [5.74, 6) is 3.35. The number of ether oxygens (including phenoxy) is 5. The lowest BCUT2D eigenvalue weighted by Gasteiger charge is -2.15. The fraction of sp³-hybridized carbons (Fsp3) is 0.208. The van der Waals surface area contributed by atoms with E-state index in [1.165, 1.54) is 0 Å². The Balaban J connectivity index is 1.86. The molecule has 0 amide bonds. The van der Waals surface area contributed by atoms with E-state index < -0.39 is 0 Å². The number of methoxy groups -OCH3 is 5. The van der Waals surface area contributed by atoms with Gasteiger partial charge in [-0.3, -0.25) is 0 Å². The van der Waals surface area contributed by atoms with Crippen molar-refractivity contribution < 1.29 is 28.1 Å². The fourth-order valence-electron chi connectivity index (χ4n) is 3.59. The van der Waals surface area contributed by atoms with Crippen LogP contribution in [0.1, 0.15) is 0 Å². The van der Waals surface area contributed by atoms with E-state index in [0.29, 0.717) is 51.3 Å². The molecule has 4 rings (SSSR count).